The van der Waals surface area contributed by atoms with Crippen molar-refractivity contribution < 1.29 is 14.6 Å². The van der Waals surface area contributed by atoms with Gasteiger partial charge in [0.2, 0.25) is 0 Å². The number of nitrogens with two attached hydrogens (primary N) is 1. The summed E-state index contributed by atoms with van der Waals surface area (Å²) in [5.41, 5.74) is 5.57. The summed E-state index contributed by atoms with van der Waals surface area (Å²) >= 11 is 0. The molecule has 1 saturated carbocycles. The summed E-state index contributed by atoms with van der Waals surface area (Å²) in [7, 11) is 0. The van der Waals surface area contributed by atoms with E-state index in [4.69, 9.17) is 15.6 Å². The van der Waals surface area contributed by atoms with Gasteiger partial charge >= 0.3 is 5.97 Å². The van der Waals surface area contributed by atoms with Gasteiger partial charge in [0.05, 0.1) is 24.9 Å². The van der Waals surface area contributed by atoms with E-state index in [1.807, 2.05) is 0 Å². The van der Waals surface area contributed by atoms with Crippen LogP contribution in [0.15, 0.2) is 6.20 Å². The fraction of sp³-hybridized carbons (Fsp3) is 0.556. The summed E-state index contributed by atoms with van der Waals surface area (Å²) in [5, 5.41) is 12.6. The minimum Gasteiger partial charge on any atom is -0.476 e. The third kappa shape index (κ3) is 2.47. The molecule has 6 heteroatoms. The molecule has 0 unspecified atom stereocenters. The molecule has 82 valence electrons. The normalized spacial score (nSPS) is 15.5. The fourth-order valence-corrected chi connectivity index (χ4v) is 1.27. The van der Waals surface area contributed by atoms with Crippen molar-refractivity contribution in [3.63, 3.8) is 0 Å². The summed E-state index contributed by atoms with van der Waals surface area (Å²) in [4.78, 5) is 10.6. The third-order valence-corrected chi connectivity index (χ3v) is 2.19. The van der Waals surface area contributed by atoms with Crippen molar-refractivity contribution in [2.24, 2.45) is 0 Å². The predicted molar refractivity (Wildman–Crippen MR) is 52.6 cm³/mol. The first kappa shape index (κ1) is 9.97. The summed E-state index contributed by atoms with van der Waals surface area (Å²) in [6, 6.07) is 0. The van der Waals surface area contributed by atoms with Gasteiger partial charge in [0.15, 0.2) is 5.69 Å². The quantitative estimate of drug-likeness (QED) is 0.733. The Morgan fingerprint density at radius 2 is 2.47 bits per heavy atom. The molecular formula is C9H13N3O3. The third-order valence-electron chi connectivity index (χ3n) is 2.19. The van der Waals surface area contributed by atoms with Gasteiger partial charge in [-0.15, -0.1) is 0 Å². The Morgan fingerprint density at radius 3 is 3.00 bits per heavy atom. The SMILES string of the molecule is Nc1cn(CCOC2CC2)nc1C(=O)O. The number of nitrogens with zero attached hydrogens (tertiary/aromatic N) is 2. The number of hydrogen-bond acceptors (Lipinski definition) is 4. The van der Waals surface area contributed by atoms with Crippen LogP contribution in [0, 0.1) is 0 Å². The highest BCUT2D eigenvalue weighted by molar-refractivity contribution is 5.91. The molecular weight excluding hydrogens is 198 g/mol. The maximum atomic E-state index is 10.6. The lowest BCUT2D eigenvalue weighted by atomic mass is 10.4. The molecule has 0 saturated heterocycles. The Morgan fingerprint density at radius 1 is 1.73 bits per heavy atom. The van der Waals surface area contributed by atoms with Crippen molar-refractivity contribution >= 4 is 11.7 Å². The largest absolute Gasteiger partial charge is 0.476 e. The Kier molecular flexibility index (Phi) is 2.59. The minimum absolute atomic E-state index is 0.0959. The zero-order chi connectivity index (χ0) is 10.8. The Labute approximate surface area is 86.6 Å². The lowest BCUT2D eigenvalue weighted by Crippen LogP contribution is -2.08. The molecule has 6 nitrogen and oxygen atoms in total. The molecule has 0 aliphatic heterocycles. The van der Waals surface area contributed by atoms with Crippen molar-refractivity contribution in [2.45, 2.75) is 25.5 Å². The maximum absolute atomic E-state index is 10.6. The van der Waals surface area contributed by atoms with Crippen LogP contribution >= 0.6 is 0 Å². The molecule has 3 N–H and O–H groups in total. The highest BCUT2D eigenvalue weighted by Gasteiger charge is 2.21. The van der Waals surface area contributed by atoms with Gasteiger partial charge < -0.3 is 15.6 Å². The molecule has 1 aromatic rings. The lowest BCUT2D eigenvalue weighted by Gasteiger charge is -2.01. The standard InChI is InChI=1S/C9H13N3O3/c10-7-5-12(11-8(7)9(13)14)3-4-15-6-1-2-6/h5-6H,1-4,10H2,(H,13,14). The monoisotopic (exact) mass is 211 g/mol. The van der Waals surface area contributed by atoms with Gasteiger partial charge in [0, 0.05) is 6.20 Å². The molecule has 2 rings (SSSR count). The second-order valence-corrected chi connectivity index (χ2v) is 3.57. The Bertz CT molecular complexity index is 371. The van der Waals surface area contributed by atoms with E-state index in [9.17, 15) is 4.79 Å². The number of ether oxygens (including phenoxy) is 1. The molecule has 1 aliphatic rings. The summed E-state index contributed by atoms with van der Waals surface area (Å²) < 4.78 is 6.92. The highest BCUT2D eigenvalue weighted by atomic mass is 16.5. The van der Waals surface area contributed by atoms with Crippen molar-refractivity contribution in [3.05, 3.63) is 11.9 Å². The fourth-order valence-electron chi connectivity index (χ4n) is 1.27. The zero-order valence-corrected chi connectivity index (χ0v) is 8.22. The van der Waals surface area contributed by atoms with E-state index in [2.05, 4.69) is 5.10 Å². The molecule has 1 aromatic heterocycles. The smallest absolute Gasteiger partial charge is 0.358 e. The molecule has 1 heterocycles. The molecule has 0 atom stereocenters. The number of carboxylic acid groups (broad SMARTS) is 1. The first-order valence-electron chi connectivity index (χ1n) is 4.84. The lowest BCUT2D eigenvalue weighted by molar-refractivity contribution is 0.0688. The minimum atomic E-state index is -1.10. The van der Waals surface area contributed by atoms with Crippen LogP contribution < -0.4 is 5.73 Å². The van der Waals surface area contributed by atoms with Gasteiger partial charge in [-0.05, 0) is 12.8 Å². The first-order valence-corrected chi connectivity index (χ1v) is 4.84. The van der Waals surface area contributed by atoms with Crippen LogP contribution in [0.4, 0.5) is 5.69 Å². The van der Waals surface area contributed by atoms with Crippen molar-refractivity contribution in [1.82, 2.24) is 9.78 Å². The Balaban J connectivity index is 1.89. The molecule has 1 aliphatic carbocycles. The van der Waals surface area contributed by atoms with E-state index in [1.54, 1.807) is 0 Å². The van der Waals surface area contributed by atoms with E-state index in [-0.39, 0.29) is 11.4 Å². The summed E-state index contributed by atoms with van der Waals surface area (Å²) in [6.07, 6.45) is 4.17. The van der Waals surface area contributed by atoms with Gasteiger partial charge in [-0.1, -0.05) is 0 Å². The number of carbonyl (C=O) groups is 1. The summed E-state index contributed by atoms with van der Waals surface area (Å²) in [5.74, 6) is -1.10. The van der Waals surface area contributed by atoms with Gasteiger partial charge in [0.25, 0.3) is 0 Å². The second-order valence-electron chi connectivity index (χ2n) is 3.57. The molecule has 1 fully saturated rings. The molecule has 0 aromatic carbocycles. The summed E-state index contributed by atoms with van der Waals surface area (Å²) in [6.45, 7) is 1.08. The first-order chi connectivity index (χ1) is 7.16. The number of carboxylic acids is 1. The van der Waals surface area contributed by atoms with E-state index in [1.165, 1.54) is 10.9 Å². The number of aromatic nitrogens is 2. The number of aromatic carboxylic acids is 1. The molecule has 0 bridgehead atoms. The number of rotatable bonds is 5. The van der Waals surface area contributed by atoms with Crippen LogP contribution in [0.1, 0.15) is 23.3 Å². The van der Waals surface area contributed by atoms with Crippen LogP contribution in [0.25, 0.3) is 0 Å². The molecule has 15 heavy (non-hydrogen) atoms. The molecule has 0 spiro atoms. The van der Waals surface area contributed by atoms with Gasteiger partial charge in [-0.3, -0.25) is 4.68 Å². The number of anilines is 1. The van der Waals surface area contributed by atoms with Gasteiger partial charge in [0.1, 0.15) is 0 Å². The van der Waals surface area contributed by atoms with Crippen LogP contribution in [-0.2, 0) is 11.3 Å². The van der Waals surface area contributed by atoms with E-state index >= 15 is 0 Å². The number of hydrogen-bond donors (Lipinski definition) is 2. The second kappa shape index (κ2) is 3.90. The topological polar surface area (TPSA) is 90.4 Å². The van der Waals surface area contributed by atoms with Gasteiger partial charge in [-0.2, -0.15) is 5.10 Å². The van der Waals surface area contributed by atoms with E-state index in [0.29, 0.717) is 19.3 Å². The Hall–Kier alpha value is -1.56. The average Bonchev–Trinajstić information content (AvgIpc) is 2.90. The van der Waals surface area contributed by atoms with Crippen LogP contribution in [0.5, 0.6) is 0 Å². The molecule has 0 radical (unpaired) electrons. The van der Waals surface area contributed by atoms with Crippen LogP contribution in [-0.4, -0.2) is 33.6 Å². The maximum Gasteiger partial charge on any atom is 0.358 e. The average molecular weight is 211 g/mol. The van der Waals surface area contributed by atoms with Crippen molar-refractivity contribution in [1.29, 1.82) is 0 Å². The zero-order valence-electron chi connectivity index (χ0n) is 8.22. The van der Waals surface area contributed by atoms with Crippen LogP contribution in [0.3, 0.4) is 0 Å². The predicted octanol–water partition coefficient (Wildman–Crippen LogP) is 0.343. The number of nitrogen functional groups attached to an aromatic ring is 1. The highest BCUT2D eigenvalue weighted by Crippen LogP contribution is 2.23. The van der Waals surface area contributed by atoms with Crippen LogP contribution in [0.2, 0.25) is 0 Å². The molecule has 0 amide bonds. The van der Waals surface area contributed by atoms with Gasteiger partial charge in [-0.25, -0.2) is 4.79 Å². The van der Waals surface area contributed by atoms with Crippen molar-refractivity contribution in [3.8, 4) is 0 Å². The van der Waals surface area contributed by atoms with E-state index in [0.717, 1.165) is 12.8 Å². The van der Waals surface area contributed by atoms with Crippen molar-refractivity contribution in [2.75, 3.05) is 12.3 Å². The van der Waals surface area contributed by atoms with E-state index < -0.39 is 5.97 Å².